The lowest BCUT2D eigenvalue weighted by atomic mass is 10.3. The summed E-state index contributed by atoms with van der Waals surface area (Å²) in [7, 11) is 1.64. The first-order chi connectivity index (χ1) is 7.17. The lowest BCUT2D eigenvalue weighted by Crippen LogP contribution is -2.19. The summed E-state index contributed by atoms with van der Waals surface area (Å²) < 4.78 is 11.5. The van der Waals surface area contributed by atoms with Crippen LogP contribution in [0.15, 0.2) is 16.7 Å². The third-order valence-corrected chi connectivity index (χ3v) is 2.47. The topological polar surface area (TPSA) is 31.4 Å². The molecule has 1 atom stereocenters. The van der Waals surface area contributed by atoms with Crippen LogP contribution in [0.2, 0.25) is 0 Å². The second-order valence-electron chi connectivity index (χ2n) is 3.14. The van der Waals surface area contributed by atoms with Crippen LogP contribution in [0.25, 0.3) is 0 Å². The molecule has 0 aliphatic carbocycles. The SMILES string of the molecule is COCC(C)Oc1ncc(Br)cc1CCl. The number of alkyl halides is 1. The quantitative estimate of drug-likeness (QED) is 0.782. The second kappa shape index (κ2) is 6.30. The van der Waals surface area contributed by atoms with Gasteiger partial charge in [0.05, 0.1) is 12.5 Å². The number of methoxy groups -OCH3 is 1. The van der Waals surface area contributed by atoms with Crippen molar-refractivity contribution in [3.8, 4) is 5.88 Å². The molecule has 0 bridgehead atoms. The van der Waals surface area contributed by atoms with Crippen molar-refractivity contribution in [2.45, 2.75) is 18.9 Å². The highest BCUT2D eigenvalue weighted by molar-refractivity contribution is 9.10. The fourth-order valence-electron chi connectivity index (χ4n) is 1.13. The van der Waals surface area contributed by atoms with Gasteiger partial charge in [-0.15, -0.1) is 11.6 Å². The molecule has 15 heavy (non-hydrogen) atoms. The molecule has 0 spiro atoms. The summed E-state index contributed by atoms with van der Waals surface area (Å²) in [6, 6.07) is 1.90. The van der Waals surface area contributed by atoms with Gasteiger partial charge in [-0.1, -0.05) is 0 Å². The molecule has 1 aromatic heterocycles. The van der Waals surface area contributed by atoms with Gasteiger partial charge in [0.25, 0.3) is 0 Å². The number of rotatable bonds is 5. The first-order valence-corrected chi connectivity index (χ1v) is 5.86. The van der Waals surface area contributed by atoms with Gasteiger partial charge in [-0.25, -0.2) is 4.98 Å². The summed E-state index contributed by atoms with van der Waals surface area (Å²) in [5, 5.41) is 0. The summed E-state index contributed by atoms with van der Waals surface area (Å²) in [5.41, 5.74) is 0.869. The van der Waals surface area contributed by atoms with Crippen LogP contribution in [-0.4, -0.2) is 24.8 Å². The normalized spacial score (nSPS) is 12.5. The number of pyridine rings is 1. The molecule has 1 rings (SSSR count). The van der Waals surface area contributed by atoms with E-state index < -0.39 is 0 Å². The molecule has 0 fully saturated rings. The van der Waals surface area contributed by atoms with E-state index in [-0.39, 0.29) is 6.10 Å². The Labute approximate surface area is 103 Å². The minimum atomic E-state index is -0.0364. The maximum absolute atomic E-state index is 5.79. The second-order valence-corrected chi connectivity index (χ2v) is 4.32. The zero-order valence-electron chi connectivity index (χ0n) is 8.67. The number of aromatic nitrogens is 1. The predicted octanol–water partition coefficient (Wildman–Crippen LogP) is 3.00. The number of hydrogen-bond donors (Lipinski definition) is 0. The maximum atomic E-state index is 5.79. The maximum Gasteiger partial charge on any atom is 0.218 e. The van der Waals surface area contributed by atoms with Crippen molar-refractivity contribution < 1.29 is 9.47 Å². The smallest absolute Gasteiger partial charge is 0.218 e. The lowest BCUT2D eigenvalue weighted by Gasteiger charge is -2.14. The molecule has 0 saturated heterocycles. The molecule has 1 heterocycles. The molecule has 1 aromatic rings. The Balaban J connectivity index is 2.75. The van der Waals surface area contributed by atoms with Crippen LogP contribution in [-0.2, 0) is 10.6 Å². The van der Waals surface area contributed by atoms with E-state index >= 15 is 0 Å². The van der Waals surface area contributed by atoms with E-state index in [9.17, 15) is 0 Å². The van der Waals surface area contributed by atoms with Crippen LogP contribution in [0.3, 0.4) is 0 Å². The number of halogens is 2. The van der Waals surface area contributed by atoms with Crippen molar-refractivity contribution in [3.63, 3.8) is 0 Å². The zero-order chi connectivity index (χ0) is 11.3. The van der Waals surface area contributed by atoms with Crippen LogP contribution >= 0.6 is 27.5 Å². The van der Waals surface area contributed by atoms with E-state index in [1.807, 2.05) is 13.0 Å². The van der Waals surface area contributed by atoms with Gasteiger partial charge in [0.1, 0.15) is 6.10 Å². The summed E-state index contributed by atoms with van der Waals surface area (Å²) >= 11 is 9.13. The fraction of sp³-hybridized carbons (Fsp3) is 0.500. The van der Waals surface area contributed by atoms with E-state index in [0.717, 1.165) is 10.0 Å². The molecule has 84 valence electrons. The summed E-state index contributed by atoms with van der Waals surface area (Å²) in [4.78, 5) is 4.16. The molecule has 0 saturated carbocycles. The molecule has 0 N–H and O–H groups in total. The molecule has 0 amide bonds. The average molecular weight is 295 g/mol. The van der Waals surface area contributed by atoms with Gasteiger partial charge in [-0.05, 0) is 28.9 Å². The van der Waals surface area contributed by atoms with E-state index in [4.69, 9.17) is 21.1 Å². The molecule has 0 aliphatic rings. The summed E-state index contributed by atoms with van der Waals surface area (Å²) in [6.45, 7) is 2.45. The molecular weight excluding hydrogens is 281 g/mol. The van der Waals surface area contributed by atoms with E-state index in [2.05, 4.69) is 20.9 Å². The van der Waals surface area contributed by atoms with Gasteiger partial charge in [0, 0.05) is 23.3 Å². The van der Waals surface area contributed by atoms with Gasteiger partial charge in [0.2, 0.25) is 5.88 Å². The monoisotopic (exact) mass is 293 g/mol. The lowest BCUT2D eigenvalue weighted by molar-refractivity contribution is 0.0884. The number of ether oxygens (including phenoxy) is 2. The van der Waals surface area contributed by atoms with Gasteiger partial charge >= 0.3 is 0 Å². The Hall–Kier alpha value is -0.320. The Morgan fingerprint density at radius 2 is 2.33 bits per heavy atom. The number of nitrogens with zero attached hydrogens (tertiary/aromatic N) is 1. The minimum Gasteiger partial charge on any atom is -0.472 e. The molecule has 0 aliphatic heterocycles. The van der Waals surface area contributed by atoms with Crippen molar-refractivity contribution in [2.75, 3.05) is 13.7 Å². The summed E-state index contributed by atoms with van der Waals surface area (Å²) in [5.74, 6) is 0.944. The Morgan fingerprint density at radius 3 is 2.93 bits per heavy atom. The first kappa shape index (κ1) is 12.7. The minimum absolute atomic E-state index is 0.0364. The Morgan fingerprint density at radius 1 is 1.60 bits per heavy atom. The van der Waals surface area contributed by atoms with Crippen molar-refractivity contribution in [1.29, 1.82) is 0 Å². The first-order valence-electron chi connectivity index (χ1n) is 4.53. The van der Waals surface area contributed by atoms with E-state index in [1.54, 1.807) is 13.3 Å². The highest BCUT2D eigenvalue weighted by atomic mass is 79.9. The molecule has 1 unspecified atom stereocenters. The van der Waals surface area contributed by atoms with Gasteiger partial charge in [-0.3, -0.25) is 0 Å². The highest BCUT2D eigenvalue weighted by Gasteiger charge is 2.09. The zero-order valence-corrected chi connectivity index (χ0v) is 11.0. The average Bonchev–Trinajstić information content (AvgIpc) is 2.21. The van der Waals surface area contributed by atoms with Crippen LogP contribution in [0, 0.1) is 0 Å². The van der Waals surface area contributed by atoms with Crippen molar-refractivity contribution in [3.05, 3.63) is 22.3 Å². The van der Waals surface area contributed by atoms with Gasteiger partial charge in [-0.2, -0.15) is 0 Å². The molecule has 0 aromatic carbocycles. The molecule has 0 radical (unpaired) electrons. The van der Waals surface area contributed by atoms with Crippen LogP contribution in [0.5, 0.6) is 5.88 Å². The largest absolute Gasteiger partial charge is 0.472 e. The fourth-order valence-corrected chi connectivity index (χ4v) is 1.70. The molecule has 3 nitrogen and oxygen atoms in total. The predicted molar refractivity (Wildman–Crippen MR) is 63.5 cm³/mol. The summed E-state index contributed by atoms with van der Waals surface area (Å²) in [6.07, 6.45) is 1.65. The van der Waals surface area contributed by atoms with E-state index in [0.29, 0.717) is 18.4 Å². The van der Waals surface area contributed by atoms with Crippen LogP contribution in [0.4, 0.5) is 0 Å². The van der Waals surface area contributed by atoms with Gasteiger partial charge < -0.3 is 9.47 Å². The standard InChI is InChI=1S/C10H13BrClNO2/c1-7(6-14-2)15-10-8(4-12)3-9(11)5-13-10/h3,5,7H,4,6H2,1-2H3. The van der Waals surface area contributed by atoms with Crippen LogP contribution in [0.1, 0.15) is 12.5 Å². The van der Waals surface area contributed by atoms with E-state index in [1.165, 1.54) is 0 Å². The van der Waals surface area contributed by atoms with Gasteiger partial charge in [0.15, 0.2) is 0 Å². The Bertz CT molecular complexity index is 322. The van der Waals surface area contributed by atoms with Crippen molar-refractivity contribution in [1.82, 2.24) is 4.98 Å². The Kier molecular flexibility index (Phi) is 5.36. The highest BCUT2D eigenvalue weighted by Crippen LogP contribution is 2.22. The van der Waals surface area contributed by atoms with Crippen molar-refractivity contribution >= 4 is 27.5 Å². The third-order valence-electron chi connectivity index (χ3n) is 1.75. The molecular formula is C10H13BrClNO2. The van der Waals surface area contributed by atoms with Crippen molar-refractivity contribution in [2.24, 2.45) is 0 Å². The number of hydrogen-bond acceptors (Lipinski definition) is 3. The van der Waals surface area contributed by atoms with Crippen LogP contribution < -0.4 is 4.74 Å². The third kappa shape index (κ3) is 3.97. The molecule has 5 heteroatoms.